The number of nitrogens with two attached hydrogens (primary N) is 1. The minimum atomic E-state index is -0.556. The average molecular weight is 269 g/mol. The molecule has 1 saturated carbocycles. The Kier molecular flexibility index (Phi) is 6.27. The lowest BCUT2D eigenvalue weighted by Crippen LogP contribution is -2.53. The zero-order chi connectivity index (χ0) is 14.5. The minimum Gasteiger partial charge on any atom is -0.368 e. The van der Waals surface area contributed by atoms with Crippen molar-refractivity contribution in [2.75, 3.05) is 20.1 Å². The molecule has 0 saturated heterocycles. The summed E-state index contributed by atoms with van der Waals surface area (Å²) < 4.78 is 0. The van der Waals surface area contributed by atoms with Crippen molar-refractivity contribution in [1.29, 1.82) is 0 Å². The van der Waals surface area contributed by atoms with Gasteiger partial charge in [-0.2, -0.15) is 0 Å². The SMILES string of the molecule is CCCNC(C)(CCCN(C)C(C)C1CC1)C(N)=O. The van der Waals surface area contributed by atoms with Gasteiger partial charge in [0.15, 0.2) is 0 Å². The molecule has 1 amide bonds. The minimum absolute atomic E-state index is 0.237. The zero-order valence-electron chi connectivity index (χ0n) is 13.0. The Morgan fingerprint density at radius 2 is 2.16 bits per heavy atom. The fraction of sp³-hybridized carbons (Fsp3) is 0.933. The van der Waals surface area contributed by atoms with Crippen molar-refractivity contribution in [3.8, 4) is 0 Å². The Hall–Kier alpha value is -0.610. The van der Waals surface area contributed by atoms with E-state index in [9.17, 15) is 4.79 Å². The van der Waals surface area contributed by atoms with E-state index in [-0.39, 0.29) is 5.91 Å². The first-order valence-corrected chi connectivity index (χ1v) is 7.66. The predicted molar refractivity (Wildman–Crippen MR) is 79.9 cm³/mol. The van der Waals surface area contributed by atoms with Crippen LogP contribution in [-0.2, 0) is 4.79 Å². The molecule has 2 atom stereocenters. The van der Waals surface area contributed by atoms with Crippen LogP contribution < -0.4 is 11.1 Å². The molecule has 19 heavy (non-hydrogen) atoms. The van der Waals surface area contributed by atoms with Gasteiger partial charge in [-0.25, -0.2) is 0 Å². The number of carbonyl (C=O) groups is 1. The van der Waals surface area contributed by atoms with E-state index < -0.39 is 5.54 Å². The third-order valence-electron chi connectivity index (χ3n) is 4.50. The van der Waals surface area contributed by atoms with E-state index in [1.807, 2.05) is 6.92 Å². The van der Waals surface area contributed by atoms with Gasteiger partial charge in [-0.05, 0) is 72.0 Å². The number of amides is 1. The smallest absolute Gasteiger partial charge is 0.237 e. The molecule has 4 heteroatoms. The van der Waals surface area contributed by atoms with Crippen molar-refractivity contribution in [3.05, 3.63) is 0 Å². The van der Waals surface area contributed by atoms with Gasteiger partial charge in [0.25, 0.3) is 0 Å². The van der Waals surface area contributed by atoms with Gasteiger partial charge in [0.05, 0.1) is 5.54 Å². The summed E-state index contributed by atoms with van der Waals surface area (Å²) in [6.07, 6.45) is 5.58. The number of hydrogen-bond donors (Lipinski definition) is 2. The van der Waals surface area contributed by atoms with E-state index in [0.717, 1.165) is 38.3 Å². The maximum Gasteiger partial charge on any atom is 0.237 e. The second-order valence-electron chi connectivity index (χ2n) is 6.29. The molecule has 0 aromatic carbocycles. The highest BCUT2D eigenvalue weighted by Gasteiger charge is 2.32. The molecule has 0 spiro atoms. The summed E-state index contributed by atoms with van der Waals surface area (Å²) >= 11 is 0. The molecule has 1 aliphatic rings. The highest BCUT2D eigenvalue weighted by molar-refractivity contribution is 5.84. The Morgan fingerprint density at radius 3 is 2.63 bits per heavy atom. The monoisotopic (exact) mass is 269 g/mol. The van der Waals surface area contributed by atoms with Crippen LogP contribution in [0.3, 0.4) is 0 Å². The molecule has 0 bridgehead atoms. The van der Waals surface area contributed by atoms with Crippen molar-refractivity contribution in [1.82, 2.24) is 10.2 Å². The van der Waals surface area contributed by atoms with Gasteiger partial charge in [0.1, 0.15) is 0 Å². The van der Waals surface area contributed by atoms with Crippen LogP contribution in [0.4, 0.5) is 0 Å². The van der Waals surface area contributed by atoms with Crippen molar-refractivity contribution in [2.24, 2.45) is 11.7 Å². The molecule has 3 N–H and O–H groups in total. The second kappa shape index (κ2) is 7.25. The van der Waals surface area contributed by atoms with Crippen molar-refractivity contribution in [3.63, 3.8) is 0 Å². The third kappa shape index (κ3) is 5.11. The molecule has 0 aromatic heterocycles. The van der Waals surface area contributed by atoms with Crippen molar-refractivity contribution in [2.45, 2.75) is 64.5 Å². The van der Waals surface area contributed by atoms with Crippen LogP contribution in [0.15, 0.2) is 0 Å². The quantitative estimate of drug-likeness (QED) is 0.635. The molecule has 0 aliphatic heterocycles. The first-order valence-electron chi connectivity index (χ1n) is 7.66. The Morgan fingerprint density at radius 1 is 1.53 bits per heavy atom. The van der Waals surface area contributed by atoms with Gasteiger partial charge in [0, 0.05) is 6.04 Å². The number of hydrogen-bond acceptors (Lipinski definition) is 3. The molecule has 1 rings (SSSR count). The summed E-state index contributed by atoms with van der Waals surface area (Å²) in [5.74, 6) is 0.657. The number of nitrogens with zero attached hydrogens (tertiary/aromatic N) is 1. The van der Waals surface area contributed by atoms with Gasteiger partial charge in [-0.1, -0.05) is 6.92 Å². The summed E-state index contributed by atoms with van der Waals surface area (Å²) in [5, 5.41) is 3.29. The Labute approximate surface area is 118 Å². The number of nitrogens with one attached hydrogen (secondary N) is 1. The van der Waals surface area contributed by atoms with Gasteiger partial charge in [-0.3, -0.25) is 4.79 Å². The largest absolute Gasteiger partial charge is 0.368 e. The molecule has 2 unspecified atom stereocenters. The third-order valence-corrected chi connectivity index (χ3v) is 4.50. The topological polar surface area (TPSA) is 58.4 Å². The summed E-state index contributed by atoms with van der Waals surface area (Å²) in [6.45, 7) is 8.21. The second-order valence-corrected chi connectivity index (χ2v) is 6.29. The van der Waals surface area contributed by atoms with Crippen LogP contribution >= 0.6 is 0 Å². The van der Waals surface area contributed by atoms with E-state index in [4.69, 9.17) is 5.73 Å². The Bertz CT molecular complexity index is 291. The lowest BCUT2D eigenvalue weighted by atomic mass is 9.94. The molecule has 0 radical (unpaired) electrons. The van der Waals surface area contributed by atoms with E-state index in [0.29, 0.717) is 6.04 Å². The van der Waals surface area contributed by atoms with Gasteiger partial charge >= 0.3 is 0 Å². The first-order chi connectivity index (χ1) is 8.90. The first kappa shape index (κ1) is 16.4. The van der Waals surface area contributed by atoms with E-state index in [1.165, 1.54) is 12.8 Å². The molecular weight excluding hydrogens is 238 g/mol. The number of primary amides is 1. The molecule has 1 aliphatic carbocycles. The predicted octanol–water partition coefficient (Wildman–Crippen LogP) is 1.74. The fourth-order valence-corrected chi connectivity index (χ4v) is 2.52. The molecular formula is C15H31N3O. The standard InChI is InChI=1S/C15H31N3O/c1-5-10-17-15(3,14(16)19)9-6-11-18(4)12(2)13-7-8-13/h12-13,17H,5-11H2,1-4H3,(H2,16,19). The van der Waals surface area contributed by atoms with Crippen LogP contribution in [0.25, 0.3) is 0 Å². The van der Waals surface area contributed by atoms with Crippen LogP contribution in [0.5, 0.6) is 0 Å². The number of rotatable bonds is 10. The van der Waals surface area contributed by atoms with Crippen LogP contribution in [0, 0.1) is 5.92 Å². The van der Waals surface area contributed by atoms with E-state index in [2.05, 4.69) is 31.1 Å². The highest BCUT2D eigenvalue weighted by atomic mass is 16.1. The van der Waals surface area contributed by atoms with Crippen molar-refractivity contribution < 1.29 is 4.79 Å². The van der Waals surface area contributed by atoms with Gasteiger partial charge < -0.3 is 16.0 Å². The molecule has 4 nitrogen and oxygen atoms in total. The summed E-state index contributed by atoms with van der Waals surface area (Å²) in [5.41, 5.74) is 4.98. The lowest BCUT2D eigenvalue weighted by Gasteiger charge is -2.30. The maximum absolute atomic E-state index is 11.6. The lowest BCUT2D eigenvalue weighted by molar-refractivity contribution is -0.124. The van der Waals surface area contributed by atoms with Crippen LogP contribution in [0.2, 0.25) is 0 Å². The van der Waals surface area contributed by atoms with Crippen LogP contribution in [0.1, 0.15) is 52.9 Å². The Balaban J connectivity index is 2.32. The molecule has 112 valence electrons. The van der Waals surface area contributed by atoms with Gasteiger partial charge in [0.2, 0.25) is 5.91 Å². The zero-order valence-corrected chi connectivity index (χ0v) is 13.0. The normalized spacial score (nSPS) is 20.3. The summed E-state index contributed by atoms with van der Waals surface area (Å²) in [7, 11) is 2.18. The van der Waals surface area contributed by atoms with E-state index >= 15 is 0 Å². The fourth-order valence-electron chi connectivity index (χ4n) is 2.52. The molecule has 1 fully saturated rings. The highest BCUT2D eigenvalue weighted by Crippen LogP contribution is 2.34. The molecule has 0 aromatic rings. The average Bonchev–Trinajstić information content (AvgIpc) is 3.19. The summed E-state index contributed by atoms with van der Waals surface area (Å²) in [4.78, 5) is 14.0. The van der Waals surface area contributed by atoms with Crippen molar-refractivity contribution >= 4 is 5.91 Å². The van der Waals surface area contributed by atoms with Crippen LogP contribution in [-0.4, -0.2) is 42.5 Å². The maximum atomic E-state index is 11.6. The molecule has 0 heterocycles. The summed E-state index contributed by atoms with van der Waals surface area (Å²) in [6, 6.07) is 0.670. The number of carbonyl (C=O) groups excluding carboxylic acids is 1. The van der Waals surface area contributed by atoms with Gasteiger partial charge in [-0.15, -0.1) is 0 Å². The van der Waals surface area contributed by atoms with E-state index in [1.54, 1.807) is 0 Å².